The van der Waals surface area contributed by atoms with Gasteiger partial charge in [-0.1, -0.05) is 171 Å². The molecule has 0 spiro atoms. The summed E-state index contributed by atoms with van der Waals surface area (Å²) in [6.45, 7) is 2.72. The van der Waals surface area contributed by atoms with Crippen LogP contribution in [0.15, 0.2) is 60.8 Å². The molecule has 0 saturated heterocycles. The van der Waals surface area contributed by atoms with Gasteiger partial charge in [0.1, 0.15) is 12.6 Å². The van der Waals surface area contributed by atoms with Crippen molar-refractivity contribution >= 4 is 25.7 Å². The van der Waals surface area contributed by atoms with Gasteiger partial charge in [0.25, 0.3) is 0 Å². The van der Waals surface area contributed by atoms with E-state index in [4.69, 9.17) is 24.8 Å². The van der Waals surface area contributed by atoms with Crippen LogP contribution >= 0.6 is 7.82 Å². The van der Waals surface area contributed by atoms with Crippen LogP contribution in [0.1, 0.15) is 194 Å². The van der Waals surface area contributed by atoms with Crippen molar-refractivity contribution in [1.29, 1.82) is 0 Å². The topological polar surface area (TPSA) is 172 Å². The molecule has 0 bridgehead atoms. The van der Waals surface area contributed by atoms with Crippen LogP contribution in [0, 0.1) is 0 Å². The van der Waals surface area contributed by atoms with Gasteiger partial charge >= 0.3 is 25.7 Å². The first-order valence-corrected chi connectivity index (χ1v) is 24.8. The summed E-state index contributed by atoms with van der Waals surface area (Å²) < 4.78 is 32.7. The molecule has 0 aromatic rings. The van der Waals surface area contributed by atoms with E-state index in [2.05, 4.69) is 67.0 Å². The van der Waals surface area contributed by atoms with Crippen molar-refractivity contribution in [3.8, 4) is 0 Å². The Morgan fingerprint density at radius 3 is 1.43 bits per heavy atom. The number of nitrogens with two attached hydrogens (primary N) is 1. The number of aliphatic carboxylic acids is 1. The predicted octanol–water partition coefficient (Wildman–Crippen LogP) is 12.7. The van der Waals surface area contributed by atoms with Gasteiger partial charge in [-0.25, -0.2) is 4.57 Å². The molecule has 0 aromatic carbocycles. The molecular formula is C48H84NO10P. The van der Waals surface area contributed by atoms with Crippen molar-refractivity contribution < 1.29 is 47.5 Å². The Morgan fingerprint density at radius 1 is 0.517 bits per heavy atom. The fraction of sp³-hybridized carbons (Fsp3) is 0.729. The van der Waals surface area contributed by atoms with Crippen molar-refractivity contribution in [2.24, 2.45) is 5.73 Å². The highest BCUT2D eigenvalue weighted by Crippen LogP contribution is 2.43. The maximum atomic E-state index is 12.6. The molecule has 0 radical (unpaired) electrons. The normalized spacial score (nSPS) is 14.2. The minimum Gasteiger partial charge on any atom is -0.480 e. The fourth-order valence-electron chi connectivity index (χ4n) is 6.04. The monoisotopic (exact) mass is 866 g/mol. The molecule has 0 aliphatic carbocycles. The highest BCUT2D eigenvalue weighted by molar-refractivity contribution is 7.47. The average Bonchev–Trinajstić information content (AvgIpc) is 3.22. The minimum atomic E-state index is -4.74. The number of allylic oxidation sites excluding steroid dienone is 10. The van der Waals surface area contributed by atoms with Gasteiger partial charge < -0.3 is 25.2 Å². The number of ether oxygens (including phenoxy) is 2. The molecule has 0 aliphatic heterocycles. The Hall–Kier alpha value is -2.82. The summed E-state index contributed by atoms with van der Waals surface area (Å²) in [5.41, 5.74) is 5.33. The summed E-state index contributed by atoms with van der Waals surface area (Å²) in [4.78, 5) is 46.0. The standard InChI is InChI=1S/C48H84NO10P/c1-3-5-7-9-11-13-15-17-19-20-21-22-23-24-26-28-30-32-34-36-38-40-47(51)59-44(42-57-60(54,55)58-43-45(49)48(52)53)41-56-46(50)39-37-35-33-31-29-27-25-18-16-14-12-10-8-6-4-2/h10,12,19-20,22-23,26,28,32,34,44-45H,3-9,11,13-18,21,24-25,27,29-31,33,35-43,49H2,1-2H3,(H,52,53)(H,54,55)/b12-10+,20-19+,23-22+,28-26+,34-32+/t44-,45-/m0/s1. The number of carbonyl (C=O) groups excluding carboxylic acids is 2. The molecule has 0 fully saturated rings. The van der Waals surface area contributed by atoms with Crippen LogP contribution in [0.3, 0.4) is 0 Å². The number of rotatable bonds is 43. The van der Waals surface area contributed by atoms with E-state index in [-0.39, 0.29) is 19.4 Å². The van der Waals surface area contributed by atoms with Crippen LogP contribution in [0.4, 0.5) is 0 Å². The summed E-state index contributed by atoms with van der Waals surface area (Å²) in [7, 11) is -4.74. The first-order valence-electron chi connectivity index (χ1n) is 23.3. The summed E-state index contributed by atoms with van der Waals surface area (Å²) in [6.07, 6.45) is 50.1. The number of carbonyl (C=O) groups is 3. The van der Waals surface area contributed by atoms with Gasteiger partial charge in [-0.15, -0.1) is 0 Å². The predicted molar refractivity (Wildman–Crippen MR) is 245 cm³/mol. The maximum Gasteiger partial charge on any atom is 0.472 e. The molecule has 60 heavy (non-hydrogen) atoms. The first-order chi connectivity index (χ1) is 29.1. The lowest BCUT2D eigenvalue weighted by Gasteiger charge is -2.20. The molecule has 4 N–H and O–H groups in total. The fourth-order valence-corrected chi connectivity index (χ4v) is 6.82. The third-order valence-corrected chi connectivity index (χ3v) is 10.7. The number of hydrogen-bond donors (Lipinski definition) is 3. The number of carboxylic acid groups (broad SMARTS) is 1. The summed E-state index contributed by atoms with van der Waals surface area (Å²) in [5, 5.41) is 8.90. The van der Waals surface area contributed by atoms with E-state index >= 15 is 0 Å². The average molecular weight is 866 g/mol. The second-order valence-corrected chi connectivity index (χ2v) is 17.0. The quantitative estimate of drug-likeness (QED) is 0.0230. The van der Waals surface area contributed by atoms with Crippen LogP contribution in [-0.4, -0.2) is 59.9 Å². The van der Waals surface area contributed by atoms with E-state index in [1.54, 1.807) is 0 Å². The zero-order chi connectivity index (χ0) is 44.2. The molecule has 0 aliphatic rings. The third-order valence-electron chi connectivity index (χ3n) is 9.74. The Bertz CT molecular complexity index is 1250. The number of carboxylic acids is 1. The Labute approximate surface area is 364 Å². The van der Waals surface area contributed by atoms with Crippen LogP contribution in [-0.2, 0) is 37.5 Å². The van der Waals surface area contributed by atoms with Gasteiger partial charge in [-0.2, -0.15) is 0 Å². The summed E-state index contributed by atoms with van der Waals surface area (Å²) >= 11 is 0. The second-order valence-electron chi connectivity index (χ2n) is 15.5. The highest BCUT2D eigenvalue weighted by Gasteiger charge is 2.28. The van der Waals surface area contributed by atoms with Crippen molar-refractivity contribution in [2.45, 2.75) is 206 Å². The van der Waals surface area contributed by atoms with Crippen LogP contribution < -0.4 is 5.73 Å². The molecule has 1 unspecified atom stereocenters. The summed E-state index contributed by atoms with van der Waals surface area (Å²) in [6, 6.07) is -1.53. The van der Waals surface area contributed by atoms with Gasteiger partial charge in [0.05, 0.1) is 13.2 Å². The summed E-state index contributed by atoms with van der Waals surface area (Å²) in [5.74, 6) is -2.46. The van der Waals surface area contributed by atoms with Crippen LogP contribution in [0.5, 0.6) is 0 Å². The Kier molecular flexibility index (Phi) is 40.8. The van der Waals surface area contributed by atoms with Gasteiger partial charge in [0.2, 0.25) is 0 Å². The maximum absolute atomic E-state index is 12.6. The van der Waals surface area contributed by atoms with Crippen molar-refractivity contribution in [1.82, 2.24) is 0 Å². The molecule has 0 heterocycles. The van der Waals surface area contributed by atoms with E-state index in [0.717, 1.165) is 38.5 Å². The molecule has 3 atom stereocenters. The molecular weight excluding hydrogens is 781 g/mol. The molecule has 0 saturated carbocycles. The SMILES string of the molecule is CCCC/C=C/CCCCCCCCCCCC(=O)OC[C@@H](COP(=O)(O)OC[C@H](N)C(=O)O)OC(=O)CCC/C=C/C/C=C/C/C=C/C/C=C/CCCCCCCCC. The van der Waals surface area contributed by atoms with E-state index in [0.29, 0.717) is 19.3 Å². The molecule has 12 heteroatoms. The zero-order valence-electron chi connectivity index (χ0n) is 37.5. The van der Waals surface area contributed by atoms with Crippen molar-refractivity contribution in [3.63, 3.8) is 0 Å². The first kappa shape index (κ1) is 57.2. The molecule has 346 valence electrons. The highest BCUT2D eigenvalue weighted by atomic mass is 31.2. The van der Waals surface area contributed by atoms with Gasteiger partial charge in [0.15, 0.2) is 6.10 Å². The van der Waals surface area contributed by atoms with Gasteiger partial charge in [0, 0.05) is 12.8 Å². The van der Waals surface area contributed by atoms with Gasteiger partial charge in [-0.05, 0) is 70.6 Å². The molecule has 0 amide bonds. The van der Waals surface area contributed by atoms with Gasteiger partial charge in [-0.3, -0.25) is 23.4 Å². The van der Waals surface area contributed by atoms with Crippen molar-refractivity contribution in [3.05, 3.63) is 60.8 Å². The number of phosphoric acid groups is 1. The number of hydrogen-bond acceptors (Lipinski definition) is 9. The van der Waals surface area contributed by atoms with E-state index in [1.807, 2.05) is 12.2 Å². The molecule has 0 rings (SSSR count). The Balaban J connectivity index is 4.42. The number of phosphoric ester groups is 1. The van der Waals surface area contributed by atoms with E-state index in [9.17, 15) is 23.8 Å². The van der Waals surface area contributed by atoms with E-state index in [1.165, 1.54) is 109 Å². The lowest BCUT2D eigenvalue weighted by molar-refractivity contribution is -0.161. The smallest absolute Gasteiger partial charge is 0.472 e. The number of esters is 2. The second kappa shape index (κ2) is 42.9. The van der Waals surface area contributed by atoms with Crippen molar-refractivity contribution in [2.75, 3.05) is 19.8 Å². The largest absolute Gasteiger partial charge is 0.480 e. The Morgan fingerprint density at radius 2 is 0.917 bits per heavy atom. The minimum absolute atomic E-state index is 0.0835. The third kappa shape index (κ3) is 41.9. The lowest BCUT2D eigenvalue weighted by atomic mass is 10.1. The van der Waals surface area contributed by atoms with E-state index < -0.39 is 51.1 Å². The van der Waals surface area contributed by atoms with Crippen LogP contribution in [0.2, 0.25) is 0 Å². The zero-order valence-corrected chi connectivity index (χ0v) is 38.4. The van der Waals surface area contributed by atoms with Crippen LogP contribution in [0.25, 0.3) is 0 Å². The molecule has 11 nitrogen and oxygen atoms in total. The number of unbranched alkanes of at least 4 members (excludes halogenated alkanes) is 19. The molecule has 0 aromatic heterocycles. The lowest BCUT2D eigenvalue weighted by Crippen LogP contribution is -2.34.